The van der Waals surface area contributed by atoms with Gasteiger partial charge in [0.1, 0.15) is 5.82 Å². The van der Waals surface area contributed by atoms with Crippen molar-refractivity contribution in [2.24, 2.45) is 11.1 Å². The van der Waals surface area contributed by atoms with Gasteiger partial charge >= 0.3 is 0 Å². The number of hydrogen-bond acceptors (Lipinski definition) is 5. The molecule has 0 unspecified atom stereocenters. The molecule has 0 atom stereocenters. The summed E-state index contributed by atoms with van der Waals surface area (Å²) in [4.78, 5) is 17.1. The van der Waals surface area contributed by atoms with Crippen molar-refractivity contribution < 1.29 is 9.53 Å². The minimum absolute atomic E-state index is 0.0955. The third kappa shape index (κ3) is 3.88. The highest BCUT2D eigenvalue weighted by Gasteiger charge is 2.40. The fourth-order valence-corrected chi connectivity index (χ4v) is 3.42. The first-order valence-corrected chi connectivity index (χ1v) is 8.69. The predicted octanol–water partition coefficient (Wildman–Crippen LogP) is 2.47. The van der Waals surface area contributed by atoms with Crippen molar-refractivity contribution in [3.63, 3.8) is 0 Å². The van der Waals surface area contributed by atoms with Crippen molar-refractivity contribution >= 4 is 11.6 Å². The fourth-order valence-electron chi connectivity index (χ4n) is 3.42. The van der Waals surface area contributed by atoms with Crippen LogP contribution in [0, 0.1) is 5.41 Å². The number of nitrogens with two attached hydrogens (primary N) is 1. The monoisotopic (exact) mass is 343 g/mol. The largest absolute Gasteiger partial charge is 0.385 e. The molecule has 1 heterocycles. The highest BCUT2D eigenvalue weighted by Crippen LogP contribution is 2.42. The van der Waals surface area contributed by atoms with Crippen LogP contribution in [0.4, 0.5) is 5.69 Å². The number of rotatable bonds is 7. The molecule has 3 rings (SSSR count). The average Bonchev–Trinajstić information content (AvgIpc) is 3.31. The van der Waals surface area contributed by atoms with Crippen molar-refractivity contribution in [2.45, 2.75) is 38.6 Å². The zero-order valence-corrected chi connectivity index (χ0v) is 14.5. The molecule has 7 heteroatoms. The zero-order valence-electron chi connectivity index (χ0n) is 14.5. The number of ether oxygens (including phenoxy) is 1. The molecule has 1 amide bonds. The summed E-state index contributed by atoms with van der Waals surface area (Å²) in [5.74, 6) is 1.34. The van der Waals surface area contributed by atoms with Gasteiger partial charge < -0.3 is 15.8 Å². The molecule has 4 N–H and O–H groups in total. The Morgan fingerprint density at radius 2 is 2.04 bits per heavy atom. The average molecular weight is 343 g/mol. The topological polar surface area (TPSA) is 106 Å². The summed E-state index contributed by atoms with van der Waals surface area (Å²) in [7, 11) is 1.68. The molecule has 2 aromatic rings. The number of nitrogens with one attached hydrogen (secondary N) is 2. The summed E-state index contributed by atoms with van der Waals surface area (Å²) < 4.78 is 5.20. The zero-order chi connectivity index (χ0) is 17.7. The van der Waals surface area contributed by atoms with Crippen molar-refractivity contribution in [3.8, 4) is 11.4 Å². The molecule has 1 aromatic heterocycles. The number of amides is 1. The van der Waals surface area contributed by atoms with Crippen LogP contribution in [0.25, 0.3) is 11.4 Å². The maximum absolute atomic E-state index is 12.8. The Labute approximate surface area is 147 Å². The lowest BCUT2D eigenvalue weighted by Crippen LogP contribution is -2.34. The van der Waals surface area contributed by atoms with E-state index >= 15 is 0 Å². The molecule has 134 valence electrons. The van der Waals surface area contributed by atoms with E-state index in [4.69, 9.17) is 10.5 Å². The van der Waals surface area contributed by atoms with E-state index in [1.54, 1.807) is 7.11 Å². The molecule has 1 aliphatic carbocycles. The molecule has 1 aliphatic rings. The Balaban J connectivity index is 1.68. The second-order valence-corrected chi connectivity index (χ2v) is 6.57. The van der Waals surface area contributed by atoms with E-state index in [0.29, 0.717) is 24.8 Å². The SMILES string of the molecule is COCCC1(C(=O)Nc2ccc(-c3n[nH]c(CN)n3)cc2)CCCC1. The van der Waals surface area contributed by atoms with Gasteiger partial charge in [-0.25, -0.2) is 4.98 Å². The number of methoxy groups -OCH3 is 1. The molecule has 0 bridgehead atoms. The molecule has 0 radical (unpaired) electrons. The Kier molecular flexibility index (Phi) is 5.45. The number of nitrogens with zero attached hydrogens (tertiary/aromatic N) is 2. The standard InChI is InChI=1S/C18H25N5O2/c1-25-11-10-18(8-2-3-9-18)17(24)20-14-6-4-13(5-7-14)16-21-15(12-19)22-23-16/h4-7H,2-3,8-12,19H2,1H3,(H,20,24)(H,21,22,23). The first-order chi connectivity index (χ1) is 12.2. The highest BCUT2D eigenvalue weighted by atomic mass is 16.5. The van der Waals surface area contributed by atoms with E-state index in [0.717, 1.165) is 43.4 Å². The number of aromatic amines is 1. The summed E-state index contributed by atoms with van der Waals surface area (Å²) in [6, 6.07) is 7.56. The minimum Gasteiger partial charge on any atom is -0.385 e. The normalized spacial score (nSPS) is 16.1. The molecule has 1 fully saturated rings. The number of hydrogen-bond donors (Lipinski definition) is 3. The van der Waals surface area contributed by atoms with Gasteiger partial charge in [0, 0.05) is 25.0 Å². The Morgan fingerprint density at radius 3 is 2.64 bits per heavy atom. The summed E-state index contributed by atoms with van der Waals surface area (Å²) in [5, 5.41) is 10.00. The van der Waals surface area contributed by atoms with E-state index in [-0.39, 0.29) is 11.3 Å². The molecule has 0 aliphatic heterocycles. The van der Waals surface area contributed by atoms with E-state index in [9.17, 15) is 4.79 Å². The third-order valence-corrected chi connectivity index (χ3v) is 4.95. The van der Waals surface area contributed by atoms with E-state index in [1.165, 1.54) is 0 Å². The Hall–Kier alpha value is -2.25. The minimum atomic E-state index is -0.297. The Bertz CT molecular complexity index is 705. The first-order valence-electron chi connectivity index (χ1n) is 8.69. The molecule has 0 spiro atoms. The van der Waals surface area contributed by atoms with Gasteiger partial charge in [0.2, 0.25) is 5.91 Å². The summed E-state index contributed by atoms with van der Waals surface area (Å²) in [6.07, 6.45) is 4.83. The van der Waals surface area contributed by atoms with Gasteiger partial charge in [-0.15, -0.1) is 0 Å². The van der Waals surface area contributed by atoms with E-state index in [2.05, 4.69) is 20.5 Å². The quantitative estimate of drug-likeness (QED) is 0.716. The van der Waals surface area contributed by atoms with E-state index < -0.39 is 0 Å². The Morgan fingerprint density at radius 1 is 1.32 bits per heavy atom. The van der Waals surface area contributed by atoms with Crippen LogP contribution in [0.3, 0.4) is 0 Å². The summed E-state index contributed by atoms with van der Waals surface area (Å²) in [6.45, 7) is 0.936. The molecular weight excluding hydrogens is 318 g/mol. The smallest absolute Gasteiger partial charge is 0.230 e. The van der Waals surface area contributed by atoms with Crippen LogP contribution in [-0.4, -0.2) is 34.8 Å². The third-order valence-electron chi connectivity index (χ3n) is 4.95. The van der Waals surface area contributed by atoms with Gasteiger partial charge in [0.25, 0.3) is 0 Å². The molecule has 0 saturated heterocycles. The van der Waals surface area contributed by atoms with Gasteiger partial charge in [-0.3, -0.25) is 9.89 Å². The van der Waals surface area contributed by atoms with Gasteiger partial charge in [-0.2, -0.15) is 5.10 Å². The predicted molar refractivity (Wildman–Crippen MR) is 95.7 cm³/mol. The first kappa shape index (κ1) is 17.6. The number of carbonyl (C=O) groups excluding carboxylic acids is 1. The van der Waals surface area contributed by atoms with Crippen molar-refractivity contribution in [2.75, 3.05) is 19.0 Å². The number of benzene rings is 1. The van der Waals surface area contributed by atoms with Crippen LogP contribution in [-0.2, 0) is 16.1 Å². The second-order valence-electron chi connectivity index (χ2n) is 6.57. The highest BCUT2D eigenvalue weighted by molar-refractivity contribution is 5.95. The van der Waals surface area contributed by atoms with Gasteiger partial charge in [0.05, 0.1) is 12.0 Å². The lowest BCUT2D eigenvalue weighted by atomic mass is 9.82. The number of H-pyrrole nitrogens is 1. The van der Waals surface area contributed by atoms with Crippen LogP contribution in [0.1, 0.15) is 37.9 Å². The molecule has 7 nitrogen and oxygen atoms in total. The van der Waals surface area contributed by atoms with Crippen molar-refractivity contribution in [1.29, 1.82) is 0 Å². The molecule has 1 saturated carbocycles. The number of carbonyl (C=O) groups is 1. The van der Waals surface area contributed by atoms with Crippen LogP contribution in [0.15, 0.2) is 24.3 Å². The van der Waals surface area contributed by atoms with Gasteiger partial charge in [0.15, 0.2) is 5.82 Å². The van der Waals surface area contributed by atoms with E-state index in [1.807, 2.05) is 24.3 Å². The fraction of sp³-hybridized carbons (Fsp3) is 0.500. The summed E-state index contributed by atoms with van der Waals surface area (Å²) >= 11 is 0. The van der Waals surface area contributed by atoms with Crippen LogP contribution < -0.4 is 11.1 Å². The lowest BCUT2D eigenvalue weighted by molar-refractivity contribution is -0.126. The van der Waals surface area contributed by atoms with Crippen LogP contribution in [0.5, 0.6) is 0 Å². The molecule has 25 heavy (non-hydrogen) atoms. The number of aromatic nitrogens is 3. The molecule has 1 aromatic carbocycles. The van der Waals surface area contributed by atoms with Crippen molar-refractivity contribution in [3.05, 3.63) is 30.1 Å². The van der Waals surface area contributed by atoms with Crippen LogP contribution >= 0.6 is 0 Å². The number of anilines is 1. The maximum Gasteiger partial charge on any atom is 0.230 e. The van der Waals surface area contributed by atoms with Gasteiger partial charge in [-0.1, -0.05) is 12.8 Å². The summed E-state index contributed by atoms with van der Waals surface area (Å²) in [5.41, 5.74) is 6.90. The molecular formula is C18H25N5O2. The lowest BCUT2D eigenvalue weighted by Gasteiger charge is -2.27. The van der Waals surface area contributed by atoms with Crippen molar-refractivity contribution in [1.82, 2.24) is 15.2 Å². The van der Waals surface area contributed by atoms with Crippen LogP contribution in [0.2, 0.25) is 0 Å². The second kappa shape index (κ2) is 7.76. The van der Waals surface area contributed by atoms with Gasteiger partial charge in [-0.05, 0) is 43.5 Å². The maximum atomic E-state index is 12.8.